The van der Waals surface area contributed by atoms with Crippen LogP contribution in [0.3, 0.4) is 0 Å². The van der Waals surface area contributed by atoms with E-state index in [1.165, 1.54) is 30.8 Å². The van der Waals surface area contributed by atoms with Gasteiger partial charge in [0.1, 0.15) is 0 Å². The Labute approximate surface area is 103 Å². The normalized spacial score (nSPS) is 21.1. The summed E-state index contributed by atoms with van der Waals surface area (Å²) in [5, 5.41) is 5.51. The number of likely N-dealkylation sites (tertiary alicyclic amines) is 1. The highest BCUT2D eigenvalue weighted by molar-refractivity contribution is 7.10. The summed E-state index contributed by atoms with van der Waals surface area (Å²) in [5.41, 5.74) is 0. The van der Waals surface area contributed by atoms with E-state index in [4.69, 9.17) is 0 Å². The molecule has 2 rings (SSSR count). The average Bonchev–Trinajstić information content (AvgIpc) is 2.81. The molecule has 1 aliphatic rings. The lowest BCUT2D eigenvalue weighted by Gasteiger charge is -2.36. The molecule has 1 aliphatic heterocycles. The summed E-state index contributed by atoms with van der Waals surface area (Å²) < 4.78 is 0. The minimum atomic E-state index is 0.581. The van der Waals surface area contributed by atoms with Crippen LogP contribution in [-0.4, -0.2) is 31.6 Å². The van der Waals surface area contributed by atoms with Gasteiger partial charge in [0, 0.05) is 11.4 Å². The molecule has 1 atom stereocenters. The van der Waals surface area contributed by atoms with Crippen LogP contribution in [0.5, 0.6) is 0 Å². The maximum Gasteiger partial charge on any atom is 0.0566 e. The fourth-order valence-corrected chi connectivity index (χ4v) is 3.28. The lowest BCUT2D eigenvalue weighted by Crippen LogP contribution is -2.39. The molecule has 1 fully saturated rings. The molecule has 0 aliphatic carbocycles. The Morgan fingerprint density at radius 1 is 1.50 bits per heavy atom. The Morgan fingerprint density at radius 2 is 2.25 bits per heavy atom. The first kappa shape index (κ1) is 12.1. The molecule has 1 aromatic heterocycles. The molecule has 16 heavy (non-hydrogen) atoms. The zero-order valence-corrected chi connectivity index (χ0v) is 11.1. The monoisotopic (exact) mass is 238 g/mol. The minimum absolute atomic E-state index is 0.581. The quantitative estimate of drug-likeness (QED) is 0.867. The van der Waals surface area contributed by atoms with Gasteiger partial charge in [-0.3, -0.25) is 4.90 Å². The number of rotatable bonds is 4. The Morgan fingerprint density at radius 3 is 2.81 bits per heavy atom. The zero-order chi connectivity index (χ0) is 11.4. The van der Waals surface area contributed by atoms with E-state index in [9.17, 15) is 0 Å². The van der Waals surface area contributed by atoms with Crippen LogP contribution in [0, 0.1) is 5.92 Å². The van der Waals surface area contributed by atoms with Crippen molar-refractivity contribution < 1.29 is 0 Å². The minimum Gasteiger partial charge on any atom is -0.318 e. The van der Waals surface area contributed by atoms with Crippen molar-refractivity contribution in [1.82, 2.24) is 10.2 Å². The fraction of sp³-hybridized carbons (Fsp3) is 0.692. The molecule has 1 aromatic rings. The summed E-state index contributed by atoms with van der Waals surface area (Å²) in [6.45, 7) is 5.95. The Bertz CT molecular complexity index is 289. The van der Waals surface area contributed by atoms with Gasteiger partial charge in [0.2, 0.25) is 0 Å². The van der Waals surface area contributed by atoms with Crippen LogP contribution in [0.15, 0.2) is 17.5 Å². The van der Waals surface area contributed by atoms with Crippen molar-refractivity contribution in [2.24, 2.45) is 5.92 Å². The van der Waals surface area contributed by atoms with Gasteiger partial charge in [-0.2, -0.15) is 0 Å². The van der Waals surface area contributed by atoms with Gasteiger partial charge in [-0.1, -0.05) is 13.0 Å². The molecule has 2 nitrogen and oxygen atoms in total. The van der Waals surface area contributed by atoms with Crippen molar-refractivity contribution in [1.29, 1.82) is 0 Å². The first-order valence-corrected chi connectivity index (χ1v) is 7.11. The molecule has 1 unspecified atom stereocenters. The van der Waals surface area contributed by atoms with E-state index >= 15 is 0 Å². The van der Waals surface area contributed by atoms with E-state index in [0.717, 1.165) is 12.5 Å². The van der Waals surface area contributed by atoms with Crippen LogP contribution < -0.4 is 5.32 Å². The van der Waals surface area contributed by atoms with Crippen molar-refractivity contribution in [2.75, 3.05) is 26.7 Å². The van der Waals surface area contributed by atoms with E-state index < -0.39 is 0 Å². The molecule has 1 saturated heterocycles. The molecule has 0 radical (unpaired) electrons. The predicted molar refractivity (Wildman–Crippen MR) is 71.0 cm³/mol. The number of likely N-dealkylation sites (N-methyl/N-ethyl adjacent to an activating group) is 1. The van der Waals surface area contributed by atoms with E-state index in [0.29, 0.717) is 6.04 Å². The van der Waals surface area contributed by atoms with E-state index in [1.807, 2.05) is 18.4 Å². The Kier molecular flexibility index (Phi) is 4.38. The van der Waals surface area contributed by atoms with Gasteiger partial charge in [-0.15, -0.1) is 11.3 Å². The maximum atomic E-state index is 3.33. The summed E-state index contributed by atoms with van der Waals surface area (Å²) in [6.07, 6.45) is 2.71. The summed E-state index contributed by atoms with van der Waals surface area (Å²) in [6, 6.07) is 5.01. The van der Waals surface area contributed by atoms with E-state index in [2.05, 4.69) is 34.7 Å². The molecule has 0 aromatic carbocycles. The van der Waals surface area contributed by atoms with E-state index in [1.54, 1.807) is 0 Å². The maximum absolute atomic E-state index is 3.33. The number of hydrogen-bond acceptors (Lipinski definition) is 3. The highest BCUT2D eigenvalue weighted by Crippen LogP contribution is 2.28. The second-order valence-corrected chi connectivity index (χ2v) is 5.79. The smallest absolute Gasteiger partial charge is 0.0566 e. The standard InChI is InChI=1S/C13H22N2S/c1-11-5-7-15(8-6-11)12(10-14-2)13-4-3-9-16-13/h3-4,9,11-12,14H,5-8,10H2,1-2H3. The molecule has 3 heteroatoms. The second kappa shape index (κ2) is 5.80. The highest BCUT2D eigenvalue weighted by Gasteiger charge is 2.24. The van der Waals surface area contributed by atoms with Crippen molar-refractivity contribution in [3.63, 3.8) is 0 Å². The van der Waals surface area contributed by atoms with Crippen LogP contribution in [0.2, 0.25) is 0 Å². The van der Waals surface area contributed by atoms with Gasteiger partial charge in [0.05, 0.1) is 6.04 Å². The summed E-state index contributed by atoms with van der Waals surface area (Å²) >= 11 is 1.88. The molecule has 0 spiro atoms. The largest absolute Gasteiger partial charge is 0.318 e. The van der Waals surface area contributed by atoms with Crippen LogP contribution in [0.25, 0.3) is 0 Å². The molecular formula is C13H22N2S. The Hall–Kier alpha value is -0.380. The average molecular weight is 238 g/mol. The van der Waals surface area contributed by atoms with Gasteiger partial charge in [0.15, 0.2) is 0 Å². The molecule has 0 saturated carbocycles. The van der Waals surface area contributed by atoms with Crippen molar-refractivity contribution >= 4 is 11.3 Å². The van der Waals surface area contributed by atoms with Crippen molar-refractivity contribution in [2.45, 2.75) is 25.8 Å². The van der Waals surface area contributed by atoms with E-state index in [-0.39, 0.29) is 0 Å². The molecule has 0 amide bonds. The van der Waals surface area contributed by atoms with Crippen molar-refractivity contribution in [3.8, 4) is 0 Å². The first-order valence-electron chi connectivity index (χ1n) is 6.23. The number of nitrogens with zero attached hydrogens (tertiary/aromatic N) is 1. The van der Waals surface area contributed by atoms with Crippen LogP contribution in [0.4, 0.5) is 0 Å². The first-order chi connectivity index (χ1) is 7.81. The van der Waals surface area contributed by atoms with Gasteiger partial charge >= 0.3 is 0 Å². The lowest BCUT2D eigenvalue weighted by molar-refractivity contribution is 0.139. The number of thiophene rings is 1. The molecule has 0 bridgehead atoms. The number of nitrogens with one attached hydrogen (secondary N) is 1. The van der Waals surface area contributed by atoms with Crippen LogP contribution in [0.1, 0.15) is 30.7 Å². The molecule has 90 valence electrons. The molecule has 1 N–H and O–H groups in total. The summed E-state index contributed by atoms with van der Waals surface area (Å²) in [7, 11) is 2.05. The molecule has 2 heterocycles. The third-order valence-electron chi connectivity index (χ3n) is 3.53. The highest BCUT2D eigenvalue weighted by atomic mass is 32.1. The van der Waals surface area contributed by atoms with Gasteiger partial charge < -0.3 is 5.32 Å². The Balaban J connectivity index is 2.02. The topological polar surface area (TPSA) is 15.3 Å². The molecular weight excluding hydrogens is 216 g/mol. The summed E-state index contributed by atoms with van der Waals surface area (Å²) in [5.74, 6) is 0.912. The predicted octanol–water partition coefficient (Wildman–Crippen LogP) is 2.74. The van der Waals surface area contributed by atoms with Gasteiger partial charge in [-0.05, 0) is 50.3 Å². The third kappa shape index (κ3) is 2.84. The lowest BCUT2D eigenvalue weighted by atomic mass is 9.97. The number of piperidine rings is 1. The third-order valence-corrected chi connectivity index (χ3v) is 4.50. The van der Waals surface area contributed by atoms with Crippen molar-refractivity contribution in [3.05, 3.63) is 22.4 Å². The summed E-state index contributed by atoms with van der Waals surface area (Å²) in [4.78, 5) is 4.14. The second-order valence-electron chi connectivity index (χ2n) is 4.81. The van der Waals surface area contributed by atoms with Crippen LogP contribution in [-0.2, 0) is 0 Å². The van der Waals surface area contributed by atoms with Crippen LogP contribution >= 0.6 is 11.3 Å². The fourth-order valence-electron chi connectivity index (χ4n) is 2.42. The van der Waals surface area contributed by atoms with Gasteiger partial charge in [0.25, 0.3) is 0 Å². The SMILES string of the molecule is CNCC(c1cccs1)N1CCC(C)CC1. The van der Waals surface area contributed by atoms with Gasteiger partial charge in [-0.25, -0.2) is 0 Å². The zero-order valence-electron chi connectivity index (χ0n) is 10.3. The number of hydrogen-bond donors (Lipinski definition) is 1.